The SMILES string of the molecule is CCc1c(N)n[nH]c1-c1cc(F)ccc1F. The van der Waals surface area contributed by atoms with Gasteiger partial charge in [0.15, 0.2) is 0 Å². The third-order valence-electron chi connectivity index (χ3n) is 2.45. The van der Waals surface area contributed by atoms with Gasteiger partial charge < -0.3 is 5.73 Å². The van der Waals surface area contributed by atoms with Gasteiger partial charge in [-0.3, -0.25) is 5.10 Å². The Balaban J connectivity index is 2.62. The molecule has 0 saturated carbocycles. The minimum absolute atomic E-state index is 0.154. The van der Waals surface area contributed by atoms with Crippen LogP contribution in [-0.4, -0.2) is 10.2 Å². The Morgan fingerprint density at radius 2 is 2.12 bits per heavy atom. The molecule has 0 aliphatic heterocycles. The van der Waals surface area contributed by atoms with Gasteiger partial charge in [-0.2, -0.15) is 5.10 Å². The summed E-state index contributed by atoms with van der Waals surface area (Å²) in [5, 5.41) is 6.43. The highest BCUT2D eigenvalue weighted by atomic mass is 19.1. The first-order valence-corrected chi connectivity index (χ1v) is 4.91. The summed E-state index contributed by atoms with van der Waals surface area (Å²) in [6.07, 6.45) is 0.605. The molecule has 3 N–H and O–H groups in total. The Kier molecular flexibility index (Phi) is 2.60. The summed E-state index contributed by atoms with van der Waals surface area (Å²) >= 11 is 0. The Morgan fingerprint density at radius 3 is 2.81 bits per heavy atom. The fourth-order valence-corrected chi connectivity index (χ4v) is 1.65. The van der Waals surface area contributed by atoms with Crippen LogP contribution in [0.1, 0.15) is 12.5 Å². The molecule has 1 heterocycles. The van der Waals surface area contributed by atoms with Crippen molar-refractivity contribution in [3.05, 3.63) is 35.4 Å². The summed E-state index contributed by atoms with van der Waals surface area (Å²) in [7, 11) is 0. The zero-order valence-corrected chi connectivity index (χ0v) is 8.72. The molecule has 0 unspecified atom stereocenters. The molecule has 1 aromatic carbocycles. The number of hydrogen-bond acceptors (Lipinski definition) is 2. The Bertz CT molecular complexity index is 520. The second kappa shape index (κ2) is 3.92. The van der Waals surface area contributed by atoms with E-state index in [0.717, 1.165) is 18.2 Å². The number of nitrogens with zero attached hydrogens (tertiary/aromatic N) is 1. The standard InChI is InChI=1S/C11H11F2N3/c1-2-7-10(15-16-11(7)14)8-5-6(12)3-4-9(8)13/h3-5H,2H2,1H3,(H3,14,15,16). The van der Waals surface area contributed by atoms with Gasteiger partial charge >= 0.3 is 0 Å². The highest BCUT2D eigenvalue weighted by molar-refractivity contribution is 5.68. The van der Waals surface area contributed by atoms with Crippen molar-refractivity contribution >= 4 is 5.82 Å². The van der Waals surface area contributed by atoms with Crippen molar-refractivity contribution in [2.75, 3.05) is 5.73 Å². The van der Waals surface area contributed by atoms with E-state index in [1.807, 2.05) is 6.92 Å². The summed E-state index contributed by atoms with van der Waals surface area (Å²) in [5.74, 6) is -0.674. The van der Waals surface area contributed by atoms with Crippen molar-refractivity contribution in [1.29, 1.82) is 0 Å². The topological polar surface area (TPSA) is 54.7 Å². The number of aromatic nitrogens is 2. The molecule has 0 saturated heterocycles. The van der Waals surface area contributed by atoms with Gasteiger partial charge in [0.2, 0.25) is 0 Å². The molecule has 0 fully saturated rings. The maximum atomic E-state index is 13.5. The van der Waals surface area contributed by atoms with Gasteiger partial charge in [0.1, 0.15) is 17.5 Å². The van der Waals surface area contributed by atoms with Crippen LogP contribution in [0, 0.1) is 11.6 Å². The number of anilines is 1. The van der Waals surface area contributed by atoms with E-state index in [2.05, 4.69) is 10.2 Å². The highest BCUT2D eigenvalue weighted by Gasteiger charge is 2.14. The van der Waals surface area contributed by atoms with Crippen molar-refractivity contribution in [3.8, 4) is 11.3 Å². The molecule has 0 aliphatic rings. The number of nitrogens with two attached hydrogens (primary N) is 1. The second-order valence-electron chi connectivity index (χ2n) is 3.44. The Labute approximate surface area is 91.3 Å². The van der Waals surface area contributed by atoms with E-state index >= 15 is 0 Å². The third-order valence-corrected chi connectivity index (χ3v) is 2.45. The molecule has 1 aromatic heterocycles. The normalized spacial score (nSPS) is 10.7. The molecule has 2 aromatic rings. The van der Waals surface area contributed by atoms with Gasteiger partial charge in [-0.1, -0.05) is 6.92 Å². The van der Waals surface area contributed by atoms with Crippen LogP contribution in [-0.2, 0) is 6.42 Å². The number of aromatic amines is 1. The molecule has 84 valence electrons. The summed E-state index contributed by atoms with van der Waals surface area (Å²) in [5.41, 5.74) is 6.91. The molecule has 5 heteroatoms. The molecule has 0 radical (unpaired) electrons. The van der Waals surface area contributed by atoms with E-state index in [1.165, 1.54) is 0 Å². The molecule has 2 rings (SSSR count). The summed E-state index contributed by atoms with van der Waals surface area (Å²) in [4.78, 5) is 0. The zero-order chi connectivity index (χ0) is 11.7. The molecule has 0 spiro atoms. The first-order chi connectivity index (χ1) is 7.63. The number of benzene rings is 1. The van der Waals surface area contributed by atoms with E-state index in [1.54, 1.807) is 0 Å². The molecule has 0 atom stereocenters. The lowest BCUT2D eigenvalue weighted by Gasteiger charge is -2.03. The minimum Gasteiger partial charge on any atom is -0.382 e. The number of halogens is 2. The molecule has 0 amide bonds. The van der Waals surface area contributed by atoms with Crippen molar-refractivity contribution in [1.82, 2.24) is 10.2 Å². The molecular weight excluding hydrogens is 212 g/mol. The molecular formula is C11H11F2N3. The maximum Gasteiger partial charge on any atom is 0.149 e. The first-order valence-electron chi connectivity index (χ1n) is 4.91. The number of hydrogen-bond donors (Lipinski definition) is 2. The van der Waals surface area contributed by atoms with E-state index in [9.17, 15) is 8.78 Å². The second-order valence-corrected chi connectivity index (χ2v) is 3.44. The van der Waals surface area contributed by atoms with Gasteiger partial charge in [0.05, 0.1) is 5.69 Å². The van der Waals surface area contributed by atoms with Crippen LogP contribution in [0.2, 0.25) is 0 Å². The van der Waals surface area contributed by atoms with E-state index < -0.39 is 11.6 Å². The number of H-pyrrole nitrogens is 1. The van der Waals surface area contributed by atoms with Crippen LogP contribution >= 0.6 is 0 Å². The van der Waals surface area contributed by atoms with Gasteiger partial charge in [-0.15, -0.1) is 0 Å². The molecule has 3 nitrogen and oxygen atoms in total. The van der Waals surface area contributed by atoms with Gasteiger partial charge in [0.25, 0.3) is 0 Å². The van der Waals surface area contributed by atoms with Gasteiger partial charge in [0, 0.05) is 11.1 Å². The van der Waals surface area contributed by atoms with Crippen LogP contribution in [0.3, 0.4) is 0 Å². The third kappa shape index (κ3) is 1.64. The van der Waals surface area contributed by atoms with Crippen LogP contribution in [0.25, 0.3) is 11.3 Å². The molecule has 0 aliphatic carbocycles. The van der Waals surface area contributed by atoms with Crippen LogP contribution in [0.15, 0.2) is 18.2 Å². The van der Waals surface area contributed by atoms with Crippen LogP contribution in [0.4, 0.5) is 14.6 Å². The Hall–Kier alpha value is -1.91. The van der Waals surface area contributed by atoms with Crippen LogP contribution in [0.5, 0.6) is 0 Å². The number of nitrogens with one attached hydrogen (secondary N) is 1. The number of nitrogen functional groups attached to an aromatic ring is 1. The first kappa shape index (κ1) is 10.6. The number of rotatable bonds is 2. The Morgan fingerprint density at radius 1 is 1.38 bits per heavy atom. The lowest BCUT2D eigenvalue weighted by Crippen LogP contribution is -1.93. The van der Waals surface area contributed by atoms with Crippen LogP contribution < -0.4 is 5.73 Å². The van der Waals surface area contributed by atoms with E-state index in [0.29, 0.717) is 23.5 Å². The largest absolute Gasteiger partial charge is 0.382 e. The monoisotopic (exact) mass is 223 g/mol. The smallest absolute Gasteiger partial charge is 0.149 e. The van der Waals surface area contributed by atoms with E-state index in [4.69, 9.17) is 5.73 Å². The predicted octanol–water partition coefficient (Wildman–Crippen LogP) is 2.50. The molecule has 0 bridgehead atoms. The summed E-state index contributed by atoms with van der Waals surface area (Å²) in [6.45, 7) is 1.88. The van der Waals surface area contributed by atoms with Crippen molar-refractivity contribution in [2.24, 2.45) is 0 Å². The van der Waals surface area contributed by atoms with Gasteiger partial charge in [-0.25, -0.2) is 8.78 Å². The lowest BCUT2D eigenvalue weighted by atomic mass is 10.1. The highest BCUT2D eigenvalue weighted by Crippen LogP contribution is 2.28. The zero-order valence-electron chi connectivity index (χ0n) is 8.72. The minimum atomic E-state index is -0.500. The average Bonchev–Trinajstić information content (AvgIpc) is 2.63. The lowest BCUT2D eigenvalue weighted by molar-refractivity contribution is 0.602. The van der Waals surface area contributed by atoms with Crippen molar-refractivity contribution in [3.63, 3.8) is 0 Å². The summed E-state index contributed by atoms with van der Waals surface area (Å²) in [6, 6.07) is 3.28. The van der Waals surface area contributed by atoms with Gasteiger partial charge in [-0.05, 0) is 24.6 Å². The van der Waals surface area contributed by atoms with Crippen molar-refractivity contribution in [2.45, 2.75) is 13.3 Å². The van der Waals surface area contributed by atoms with Crippen molar-refractivity contribution < 1.29 is 8.78 Å². The average molecular weight is 223 g/mol. The fourth-order valence-electron chi connectivity index (χ4n) is 1.65. The van der Waals surface area contributed by atoms with E-state index in [-0.39, 0.29) is 5.56 Å². The fraction of sp³-hybridized carbons (Fsp3) is 0.182. The predicted molar refractivity (Wildman–Crippen MR) is 57.7 cm³/mol. The quantitative estimate of drug-likeness (QED) is 0.821. The molecule has 16 heavy (non-hydrogen) atoms. The summed E-state index contributed by atoms with van der Waals surface area (Å²) < 4.78 is 26.6. The maximum absolute atomic E-state index is 13.5.